The third-order valence-electron chi connectivity index (χ3n) is 7.25. The van der Waals surface area contributed by atoms with E-state index in [0.29, 0.717) is 19.5 Å². The summed E-state index contributed by atoms with van der Waals surface area (Å²) in [5.74, 6) is 1.14. The number of carbonyl (C=O) groups is 2. The van der Waals surface area contributed by atoms with Crippen molar-refractivity contribution < 1.29 is 9.59 Å². The minimum Gasteiger partial charge on any atom is -0.361 e. The van der Waals surface area contributed by atoms with Crippen LogP contribution in [0.3, 0.4) is 0 Å². The molecule has 0 radical (unpaired) electrons. The number of amides is 2. The van der Waals surface area contributed by atoms with Gasteiger partial charge >= 0.3 is 0 Å². The van der Waals surface area contributed by atoms with E-state index in [0.717, 1.165) is 25.3 Å². The fourth-order valence-electron chi connectivity index (χ4n) is 5.67. The van der Waals surface area contributed by atoms with Gasteiger partial charge in [-0.05, 0) is 55.2 Å². The van der Waals surface area contributed by atoms with Crippen LogP contribution in [0.2, 0.25) is 0 Å². The molecule has 7 nitrogen and oxygen atoms in total. The molecular weight excluding hydrogens is 529 g/mol. The summed E-state index contributed by atoms with van der Waals surface area (Å²) in [6.07, 6.45) is 8.91. The number of carbonyl (C=O) groups excluding carboxylic acids is 2. The number of aromatic amines is 1. The average molecular weight is 561 g/mol. The number of H-pyrrole nitrogens is 1. The van der Waals surface area contributed by atoms with Gasteiger partial charge in [-0.3, -0.25) is 19.5 Å². The van der Waals surface area contributed by atoms with E-state index < -0.39 is 0 Å². The first-order chi connectivity index (χ1) is 15.6. The van der Waals surface area contributed by atoms with Crippen molar-refractivity contribution in [1.29, 1.82) is 0 Å². The maximum absolute atomic E-state index is 12.7. The highest BCUT2D eigenvalue weighted by Gasteiger charge is 2.58. The van der Waals surface area contributed by atoms with Crippen molar-refractivity contribution in [2.45, 2.75) is 26.2 Å². The molecule has 3 N–H and O–H groups in total. The minimum atomic E-state index is -0.103. The van der Waals surface area contributed by atoms with Gasteiger partial charge in [0.25, 0.3) is 0 Å². The fraction of sp³-hybridized carbons (Fsp3) is 0.480. The molecule has 0 spiro atoms. The van der Waals surface area contributed by atoms with Gasteiger partial charge in [0.15, 0.2) is 5.96 Å². The molecule has 1 aliphatic heterocycles. The van der Waals surface area contributed by atoms with Crippen LogP contribution in [0.5, 0.6) is 0 Å². The summed E-state index contributed by atoms with van der Waals surface area (Å²) in [7, 11) is 1.75. The number of benzene rings is 1. The van der Waals surface area contributed by atoms with E-state index in [2.05, 4.69) is 64.1 Å². The van der Waals surface area contributed by atoms with Crippen molar-refractivity contribution in [1.82, 2.24) is 20.5 Å². The molecule has 33 heavy (non-hydrogen) atoms. The second kappa shape index (κ2) is 9.87. The van der Waals surface area contributed by atoms with Gasteiger partial charge in [0.05, 0.1) is 11.8 Å². The smallest absolute Gasteiger partial charge is 0.233 e. The summed E-state index contributed by atoms with van der Waals surface area (Å²) in [5, 5.41) is 7.91. The lowest BCUT2D eigenvalue weighted by Crippen LogP contribution is -2.40. The third kappa shape index (κ3) is 4.41. The number of aliphatic imine (C=N–C) groups is 1. The molecular formula is C25H32IN5O2. The molecule has 1 saturated heterocycles. The summed E-state index contributed by atoms with van der Waals surface area (Å²) < 4.78 is 0. The van der Waals surface area contributed by atoms with Gasteiger partial charge in [-0.15, -0.1) is 24.0 Å². The fourth-order valence-corrected chi connectivity index (χ4v) is 5.67. The quantitative estimate of drug-likeness (QED) is 0.121. The average Bonchev–Trinajstić information content (AvgIpc) is 3.55. The van der Waals surface area contributed by atoms with Crippen molar-refractivity contribution >= 4 is 52.7 Å². The molecule has 2 heterocycles. The van der Waals surface area contributed by atoms with Crippen LogP contribution in [0, 0.1) is 30.6 Å². The normalized spacial score (nSPS) is 25.6. The predicted octanol–water partition coefficient (Wildman–Crippen LogP) is 3.00. The molecule has 1 saturated carbocycles. The molecule has 176 valence electrons. The maximum Gasteiger partial charge on any atom is 0.233 e. The van der Waals surface area contributed by atoms with Crippen LogP contribution in [0.15, 0.2) is 41.5 Å². The molecule has 3 aliphatic rings. The van der Waals surface area contributed by atoms with Gasteiger partial charge in [0, 0.05) is 43.8 Å². The number of allylic oxidation sites excluding steroid dienone is 2. The highest BCUT2D eigenvalue weighted by atomic mass is 127. The lowest BCUT2D eigenvalue weighted by molar-refractivity contribution is -0.140. The highest BCUT2D eigenvalue weighted by molar-refractivity contribution is 14.0. The Morgan fingerprint density at radius 2 is 1.82 bits per heavy atom. The number of imide groups is 1. The van der Waals surface area contributed by atoms with Gasteiger partial charge in [0.1, 0.15) is 0 Å². The molecule has 2 bridgehead atoms. The zero-order valence-corrected chi connectivity index (χ0v) is 21.5. The van der Waals surface area contributed by atoms with Crippen molar-refractivity contribution in [3.63, 3.8) is 0 Å². The van der Waals surface area contributed by atoms with Crippen molar-refractivity contribution in [3.05, 3.63) is 47.7 Å². The van der Waals surface area contributed by atoms with Crippen molar-refractivity contribution in [3.8, 4) is 0 Å². The minimum absolute atomic E-state index is 0. The monoisotopic (exact) mass is 561 g/mol. The Morgan fingerprint density at radius 1 is 1.12 bits per heavy atom. The number of aryl methyl sites for hydroxylation is 1. The van der Waals surface area contributed by atoms with Crippen LogP contribution in [-0.4, -0.2) is 54.3 Å². The van der Waals surface area contributed by atoms with Gasteiger partial charge in [-0.1, -0.05) is 24.3 Å². The van der Waals surface area contributed by atoms with E-state index in [9.17, 15) is 9.59 Å². The number of rotatable bonds is 7. The van der Waals surface area contributed by atoms with Crippen LogP contribution in [0.25, 0.3) is 10.9 Å². The molecule has 4 atom stereocenters. The largest absolute Gasteiger partial charge is 0.361 e. The van der Waals surface area contributed by atoms with E-state index in [1.165, 1.54) is 26.9 Å². The number of fused-ring (bicyclic) bond motifs is 6. The zero-order chi connectivity index (χ0) is 22.2. The van der Waals surface area contributed by atoms with Crippen LogP contribution in [0.1, 0.15) is 24.0 Å². The maximum atomic E-state index is 12.7. The van der Waals surface area contributed by atoms with Crippen LogP contribution < -0.4 is 10.6 Å². The number of nitrogens with one attached hydrogen (secondary N) is 3. The lowest BCUT2D eigenvalue weighted by atomic mass is 9.85. The first kappa shape index (κ1) is 23.8. The molecule has 1 aromatic carbocycles. The first-order valence-electron chi connectivity index (χ1n) is 11.6. The topological polar surface area (TPSA) is 89.6 Å². The summed E-state index contributed by atoms with van der Waals surface area (Å²) in [5.41, 5.74) is 3.70. The highest BCUT2D eigenvalue weighted by Crippen LogP contribution is 2.52. The number of nitrogens with zero attached hydrogens (tertiary/aromatic N) is 2. The third-order valence-corrected chi connectivity index (χ3v) is 7.25. The van der Waals surface area contributed by atoms with Crippen molar-refractivity contribution in [2.75, 3.05) is 26.7 Å². The first-order valence-corrected chi connectivity index (χ1v) is 11.6. The van der Waals surface area contributed by atoms with Gasteiger partial charge in [0.2, 0.25) is 11.8 Å². The Balaban J connectivity index is 0.00000259. The van der Waals surface area contributed by atoms with E-state index in [1.807, 2.05) is 0 Å². The number of aromatic nitrogens is 1. The number of hydrogen-bond donors (Lipinski definition) is 3. The SMILES string of the molecule is CN=C(NCCCN1C(=O)C2C3C=CC(C3)C2C1=O)NCCc1c[nH]c2cc(C)ccc12.I. The van der Waals surface area contributed by atoms with Crippen LogP contribution in [0.4, 0.5) is 0 Å². The summed E-state index contributed by atoms with van der Waals surface area (Å²) in [4.78, 5) is 34.6. The molecule has 2 fully saturated rings. The molecule has 5 rings (SSSR count). The molecule has 4 unspecified atom stereocenters. The molecule has 2 aliphatic carbocycles. The lowest BCUT2D eigenvalue weighted by Gasteiger charge is -2.18. The Hall–Kier alpha value is -2.36. The zero-order valence-electron chi connectivity index (χ0n) is 19.1. The van der Waals surface area contributed by atoms with E-state index in [1.54, 1.807) is 7.05 Å². The van der Waals surface area contributed by atoms with Gasteiger partial charge in [-0.2, -0.15) is 0 Å². The molecule has 2 aromatic rings. The number of guanidine groups is 1. The molecule has 1 aromatic heterocycles. The Bertz CT molecular complexity index is 1080. The van der Waals surface area contributed by atoms with Crippen LogP contribution in [-0.2, 0) is 16.0 Å². The summed E-state index contributed by atoms with van der Waals surface area (Å²) >= 11 is 0. The Labute approximate surface area is 211 Å². The number of likely N-dealkylation sites (tertiary alicyclic amines) is 1. The van der Waals surface area contributed by atoms with E-state index in [-0.39, 0.29) is 59.5 Å². The van der Waals surface area contributed by atoms with Crippen LogP contribution >= 0.6 is 24.0 Å². The number of halogens is 1. The second-order valence-electron chi connectivity index (χ2n) is 9.22. The van der Waals surface area contributed by atoms with Gasteiger partial charge in [-0.25, -0.2) is 0 Å². The second-order valence-corrected chi connectivity index (χ2v) is 9.22. The summed E-state index contributed by atoms with van der Waals surface area (Å²) in [6, 6.07) is 6.47. The number of hydrogen-bond acceptors (Lipinski definition) is 3. The molecule has 8 heteroatoms. The standard InChI is InChI=1S/C25H31N5O2.HI/c1-15-4-7-19-18(14-29-20(19)12-15)8-10-28-25(26-2)27-9-3-11-30-23(31)21-16-5-6-17(13-16)22(21)24(30)32;/h4-7,12,14,16-17,21-22,29H,3,8-11,13H2,1-2H3,(H2,26,27,28);1H. The summed E-state index contributed by atoms with van der Waals surface area (Å²) in [6.45, 7) is 3.99. The Kier molecular flexibility index (Phi) is 7.11. The molecule has 2 amide bonds. The van der Waals surface area contributed by atoms with E-state index in [4.69, 9.17) is 0 Å². The predicted molar refractivity (Wildman–Crippen MR) is 141 cm³/mol. The van der Waals surface area contributed by atoms with E-state index >= 15 is 0 Å². The Morgan fingerprint density at radius 3 is 2.52 bits per heavy atom. The van der Waals surface area contributed by atoms with Crippen molar-refractivity contribution in [2.24, 2.45) is 28.7 Å². The van der Waals surface area contributed by atoms with Gasteiger partial charge < -0.3 is 15.6 Å².